The molecule has 1 heteroatoms. The summed E-state index contributed by atoms with van der Waals surface area (Å²) in [6, 6.07) is 1.46. The highest BCUT2D eigenvalue weighted by Crippen LogP contribution is 2.27. The van der Waals surface area contributed by atoms with Gasteiger partial charge in [-0.15, -0.1) is 0 Å². The van der Waals surface area contributed by atoms with Crippen molar-refractivity contribution < 1.29 is 0 Å². The van der Waals surface area contributed by atoms with Crippen molar-refractivity contribution in [1.29, 1.82) is 0 Å². The van der Waals surface area contributed by atoms with Crippen LogP contribution in [0.15, 0.2) is 0 Å². The minimum Gasteiger partial charge on any atom is -0.311 e. The maximum atomic E-state index is 3.66. The molecule has 1 aliphatic rings. The zero-order chi connectivity index (χ0) is 8.48. The van der Waals surface area contributed by atoms with Gasteiger partial charge in [0.05, 0.1) is 0 Å². The second kappa shape index (κ2) is 3.14. The van der Waals surface area contributed by atoms with Gasteiger partial charge in [0.25, 0.3) is 0 Å². The van der Waals surface area contributed by atoms with Crippen LogP contribution in [0.4, 0.5) is 0 Å². The van der Waals surface area contributed by atoms with Crippen molar-refractivity contribution in [1.82, 2.24) is 5.32 Å². The van der Waals surface area contributed by atoms with Crippen LogP contribution in [0.25, 0.3) is 0 Å². The summed E-state index contributed by atoms with van der Waals surface area (Å²) in [5, 5.41) is 3.66. The summed E-state index contributed by atoms with van der Waals surface area (Å²) in [5.41, 5.74) is 0.439. The Labute approximate surface area is 70.6 Å². The summed E-state index contributed by atoms with van der Waals surface area (Å²) in [6.45, 7) is 9.26. The fourth-order valence-electron chi connectivity index (χ4n) is 1.82. The highest BCUT2D eigenvalue weighted by atomic mass is 15.0. The molecule has 0 aromatic heterocycles. The predicted octanol–water partition coefficient (Wildman–Crippen LogP) is 2.56. The number of rotatable bonds is 0. The van der Waals surface area contributed by atoms with Gasteiger partial charge < -0.3 is 5.32 Å². The van der Waals surface area contributed by atoms with Crippen LogP contribution >= 0.6 is 0 Å². The summed E-state index contributed by atoms with van der Waals surface area (Å²) in [5.74, 6) is 0. The number of hydrogen-bond acceptors (Lipinski definition) is 1. The molecule has 0 saturated carbocycles. The molecule has 0 bridgehead atoms. The van der Waals surface area contributed by atoms with Gasteiger partial charge in [-0.05, 0) is 25.2 Å². The number of piperidine rings is 1. The van der Waals surface area contributed by atoms with Gasteiger partial charge in [-0.2, -0.15) is 0 Å². The molecule has 1 rings (SSSR count). The van der Waals surface area contributed by atoms with Gasteiger partial charge in [-0.3, -0.25) is 0 Å². The van der Waals surface area contributed by atoms with E-state index in [1.54, 1.807) is 0 Å². The number of hydrogen-bond donors (Lipinski definition) is 1. The monoisotopic (exact) mass is 155 g/mol. The minimum atomic E-state index is 0.439. The van der Waals surface area contributed by atoms with Gasteiger partial charge in [0.15, 0.2) is 0 Å². The third kappa shape index (κ3) is 2.48. The topological polar surface area (TPSA) is 12.0 Å². The third-order valence-electron chi connectivity index (χ3n) is 2.66. The van der Waals surface area contributed by atoms with Crippen molar-refractivity contribution in [3.63, 3.8) is 0 Å². The Morgan fingerprint density at radius 1 is 1.18 bits per heavy atom. The zero-order valence-electron chi connectivity index (χ0n) is 8.28. The molecule has 0 aromatic rings. The highest BCUT2D eigenvalue weighted by Gasteiger charge is 2.27. The van der Waals surface area contributed by atoms with Gasteiger partial charge in [0.2, 0.25) is 0 Å². The van der Waals surface area contributed by atoms with E-state index in [1.165, 1.54) is 19.3 Å². The molecule has 2 atom stereocenters. The minimum absolute atomic E-state index is 0.439. The molecule has 11 heavy (non-hydrogen) atoms. The number of nitrogens with one attached hydrogen (secondary N) is 1. The Balaban J connectivity index is 2.46. The average molecular weight is 155 g/mol. The van der Waals surface area contributed by atoms with E-state index in [2.05, 4.69) is 33.0 Å². The van der Waals surface area contributed by atoms with E-state index < -0.39 is 0 Å². The normalized spacial score (nSPS) is 33.8. The summed E-state index contributed by atoms with van der Waals surface area (Å²) < 4.78 is 0. The second-order valence-electron chi connectivity index (χ2n) is 4.92. The van der Waals surface area contributed by atoms with Gasteiger partial charge >= 0.3 is 0 Å². The van der Waals surface area contributed by atoms with Crippen molar-refractivity contribution in [2.75, 3.05) is 0 Å². The maximum absolute atomic E-state index is 3.66. The SMILES string of the molecule is CC1CCCC(C(C)(C)C)N1. The fourth-order valence-corrected chi connectivity index (χ4v) is 1.82. The predicted molar refractivity (Wildman–Crippen MR) is 49.7 cm³/mol. The summed E-state index contributed by atoms with van der Waals surface area (Å²) in [6.07, 6.45) is 4.11. The average Bonchev–Trinajstić information content (AvgIpc) is 1.86. The molecule has 0 aliphatic carbocycles. The van der Waals surface area contributed by atoms with Crippen LogP contribution in [-0.2, 0) is 0 Å². The van der Waals surface area contributed by atoms with Crippen LogP contribution in [0, 0.1) is 5.41 Å². The molecule has 1 aliphatic heterocycles. The zero-order valence-corrected chi connectivity index (χ0v) is 8.28. The molecular weight excluding hydrogens is 134 g/mol. The van der Waals surface area contributed by atoms with E-state index in [1.807, 2.05) is 0 Å². The summed E-state index contributed by atoms with van der Waals surface area (Å²) >= 11 is 0. The Morgan fingerprint density at radius 2 is 1.82 bits per heavy atom. The first kappa shape index (κ1) is 9.05. The van der Waals surface area contributed by atoms with Crippen LogP contribution in [-0.4, -0.2) is 12.1 Å². The molecule has 1 N–H and O–H groups in total. The molecule has 0 spiro atoms. The van der Waals surface area contributed by atoms with Crippen molar-refractivity contribution in [3.05, 3.63) is 0 Å². The first-order valence-corrected chi connectivity index (χ1v) is 4.76. The van der Waals surface area contributed by atoms with Crippen LogP contribution in [0.3, 0.4) is 0 Å². The van der Waals surface area contributed by atoms with E-state index in [-0.39, 0.29) is 0 Å². The Morgan fingerprint density at radius 3 is 2.18 bits per heavy atom. The van der Waals surface area contributed by atoms with Gasteiger partial charge in [-0.25, -0.2) is 0 Å². The van der Waals surface area contributed by atoms with Gasteiger partial charge in [-0.1, -0.05) is 27.2 Å². The molecule has 0 aromatic carbocycles. The Hall–Kier alpha value is -0.0400. The Kier molecular flexibility index (Phi) is 2.58. The van der Waals surface area contributed by atoms with Crippen molar-refractivity contribution in [2.45, 2.75) is 59.0 Å². The molecule has 1 fully saturated rings. The first-order chi connectivity index (χ1) is 5.00. The van der Waals surface area contributed by atoms with Gasteiger partial charge in [0.1, 0.15) is 0 Å². The van der Waals surface area contributed by atoms with E-state index in [4.69, 9.17) is 0 Å². The molecule has 1 heterocycles. The molecule has 2 unspecified atom stereocenters. The van der Waals surface area contributed by atoms with Crippen LogP contribution < -0.4 is 5.32 Å². The van der Waals surface area contributed by atoms with Crippen molar-refractivity contribution in [3.8, 4) is 0 Å². The lowest BCUT2D eigenvalue weighted by atomic mass is 9.81. The molecule has 0 radical (unpaired) electrons. The lowest BCUT2D eigenvalue weighted by molar-refractivity contribution is 0.198. The third-order valence-corrected chi connectivity index (χ3v) is 2.66. The molecule has 0 amide bonds. The van der Waals surface area contributed by atoms with Gasteiger partial charge in [0, 0.05) is 12.1 Å². The van der Waals surface area contributed by atoms with E-state index >= 15 is 0 Å². The Bertz CT molecular complexity index is 123. The van der Waals surface area contributed by atoms with Crippen molar-refractivity contribution >= 4 is 0 Å². The standard InChI is InChI=1S/C10H21N/c1-8-6-5-7-9(11-8)10(2,3)4/h8-9,11H,5-7H2,1-4H3. The summed E-state index contributed by atoms with van der Waals surface area (Å²) in [4.78, 5) is 0. The van der Waals surface area contributed by atoms with Crippen LogP contribution in [0.1, 0.15) is 47.0 Å². The summed E-state index contributed by atoms with van der Waals surface area (Å²) in [7, 11) is 0. The van der Waals surface area contributed by atoms with Crippen molar-refractivity contribution in [2.24, 2.45) is 5.41 Å². The van der Waals surface area contributed by atoms with E-state index in [9.17, 15) is 0 Å². The molecule has 66 valence electrons. The largest absolute Gasteiger partial charge is 0.311 e. The lowest BCUT2D eigenvalue weighted by Crippen LogP contribution is -2.47. The van der Waals surface area contributed by atoms with E-state index in [0.717, 1.165) is 12.1 Å². The maximum Gasteiger partial charge on any atom is 0.0118 e. The lowest BCUT2D eigenvalue weighted by Gasteiger charge is -2.37. The molecular formula is C10H21N. The first-order valence-electron chi connectivity index (χ1n) is 4.76. The second-order valence-corrected chi connectivity index (χ2v) is 4.92. The molecule has 1 saturated heterocycles. The van der Waals surface area contributed by atoms with Crippen LogP contribution in [0.2, 0.25) is 0 Å². The fraction of sp³-hybridized carbons (Fsp3) is 1.00. The highest BCUT2D eigenvalue weighted by molar-refractivity contribution is 4.86. The van der Waals surface area contributed by atoms with Crippen LogP contribution in [0.5, 0.6) is 0 Å². The van der Waals surface area contributed by atoms with E-state index in [0.29, 0.717) is 5.41 Å². The quantitative estimate of drug-likeness (QED) is 0.567. The smallest absolute Gasteiger partial charge is 0.0118 e. The molecule has 1 nitrogen and oxygen atoms in total.